The molecular formula is C40H43Cl4N3O5. The zero-order valence-electron chi connectivity index (χ0n) is 29.4. The van der Waals surface area contributed by atoms with Gasteiger partial charge in [-0.25, -0.2) is 4.79 Å². The van der Waals surface area contributed by atoms with Gasteiger partial charge in [-0.3, -0.25) is 14.4 Å². The number of piperidine rings is 1. The van der Waals surface area contributed by atoms with E-state index in [-0.39, 0.29) is 43.5 Å². The number of likely N-dealkylation sites (tertiary alicyclic amines) is 1. The minimum Gasteiger partial charge on any atom is -0.465 e. The first kappa shape index (κ1) is 40.9. The Balaban J connectivity index is 1.53. The number of Topliss-reactive ketones (excluding diaryl/α,β-unsaturated/α-hetero) is 1. The molecule has 1 fully saturated rings. The van der Waals surface area contributed by atoms with Crippen LogP contribution in [-0.4, -0.2) is 69.8 Å². The third-order valence-electron chi connectivity index (χ3n) is 8.68. The fourth-order valence-electron chi connectivity index (χ4n) is 5.97. The highest BCUT2D eigenvalue weighted by Crippen LogP contribution is 2.29. The van der Waals surface area contributed by atoms with E-state index in [0.717, 1.165) is 18.4 Å². The van der Waals surface area contributed by atoms with Crippen LogP contribution < -0.4 is 5.32 Å². The van der Waals surface area contributed by atoms with Gasteiger partial charge in [0, 0.05) is 49.2 Å². The number of nitrogens with zero attached hydrogens (tertiary/aromatic N) is 2. The zero-order valence-corrected chi connectivity index (χ0v) is 32.5. The van der Waals surface area contributed by atoms with Crippen molar-refractivity contribution in [2.24, 2.45) is 0 Å². The Morgan fingerprint density at radius 1 is 0.808 bits per heavy atom. The molecule has 276 valence electrons. The second-order valence-corrected chi connectivity index (χ2v) is 15.4. The maximum absolute atomic E-state index is 14.4. The van der Waals surface area contributed by atoms with Crippen LogP contribution in [0.2, 0.25) is 20.1 Å². The number of benzene rings is 3. The van der Waals surface area contributed by atoms with Crippen LogP contribution in [0.25, 0.3) is 12.2 Å². The van der Waals surface area contributed by atoms with E-state index < -0.39 is 17.7 Å². The lowest BCUT2D eigenvalue weighted by atomic mass is 9.93. The van der Waals surface area contributed by atoms with Crippen LogP contribution in [0.15, 0.2) is 77.9 Å². The van der Waals surface area contributed by atoms with E-state index in [0.29, 0.717) is 61.8 Å². The fraction of sp³-hybridized carbons (Fsp3) is 0.350. The topological polar surface area (TPSA) is 107 Å². The van der Waals surface area contributed by atoms with Gasteiger partial charge >= 0.3 is 6.09 Å². The third-order valence-corrected chi connectivity index (χ3v) is 10.2. The lowest BCUT2D eigenvalue weighted by Crippen LogP contribution is -2.52. The number of hydrogen-bond acceptors (Lipinski definition) is 4. The summed E-state index contributed by atoms with van der Waals surface area (Å²) >= 11 is 24.8. The lowest BCUT2D eigenvalue weighted by Gasteiger charge is -2.33. The van der Waals surface area contributed by atoms with Gasteiger partial charge in [-0.15, -0.1) is 0 Å². The summed E-state index contributed by atoms with van der Waals surface area (Å²) in [6, 6.07) is 18.6. The summed E-state index contributed by atoms with van der Waals surface area (Å²) in [5, 5.41) is 13.9. The molecule has 1 aliphatic heterocycles. The first-order chi connectivity index (χ1) is 24.6. The molecule has 8 nitrogen and oxygen atoms in total. The van der Waals surface area contributed by atoms with Crippen molar-refractivity contribution >= 4 is 82.2 Å². The molecule has 0 radical (unpaired) electrons. The predicted octanol–water partition coefficient (Wildman–Crippen LogP) is 9.63. The van der Waals surface area contributed by atoms with E-state index >= 15 is 0 Å². The summed E-state index contributed by atoms with van der Waals surface area (Å²) in [7, 11) is 0. The molecule has 0 bridgehead atoms. The van der Waals surface area contributed by atoms with Crippen molar-refractivity contribution in [2.45, 2.75) is 70.9 Å². The monoisotopic (exact) mass is 785 g/mol. The van der Waals surface area contributed by atoms with Gasteiger partial charge < -0.3 is 20.2 Å². The first-order valence-corrected chi connectivity index (χ1v) is 18.6. The summed E-state index contributed by atoms with van der Waals surface area (Å²) in [5.41, 5.74) is 2.39. The summed E-state index contributed by atoms with van der Waals surface area (Å²) in [6.45, 7) is 6.03. The highest BCUT2D eigenvalue weighted by Gasteiger charge is 2.33. The van der Waals surface area contributed by atoms with Crippen molar-refractivity contribution in [3.8, 4) is 0 Å². The molecule has 2 N–H and O–H groups in total. The Labute approximate surface area is 325 Å². The van der Waals surface area contributed by atoms with Gasteiger partial charge in [0.1, 0.15) is 6.04 Å². The van der Waals surface area contributed by atoms with Crippen molar-refractivity contribution in [1.29, 1.82) is 0 Å². The van der Waals surface area contributed by atoms with Gasteiger partial charge in [0.05, 0.1) is 20.1 Å². The number of carbonyl (C=O) groups excluding carboxylic acids is 3. The summed E-state index contributed by atoms with van der Waals surface area (Å²) in [4.78, 5) is 56.1. The lowest BCUT2D eigenvalue weighted by molar-refractivity contribution is -0.136. The molecule has 1 saturated heterocycles. The van der Waals surface area contributed by atoms with Crippen LogP contribution in [0.3, 0.4) is 0 Å². The number of carbonyl (C=O) groups is 4. The average Bonchev–Trinajstić information content (AvgIpc) is 3.08. The maximum atomic E-state index is 14.4. The van der Waals surface area contributed by atoms with Crippen LogP contribution >= 0.6 is 46.4 Å². The largest absolute Gasteiger partial charge is 0.465 e. The molecule has 1 unspecified atom stereocenters. The number of rotatable bonds is 13. The molecule has 0 spiro atoms. The van der Waals surface area contributed by atoms with E-state index in [9.17, 15) is 24.3 Å². The van der Waals surface area contributed by atoms with E-state index in [2.05, 4.69) is 5.32 Å². The number of hydrogen-bond donors (Lipinski definition) is 2. The van der Waals surface area contributed by atoms with Crippen molar-refractivity contribution in [3.05, 3.63) is 115 Å². The van der Waals surface area contributed by atoms with Gasteiger partial charge in [-0.1, -0.05) is 102 Å². The van der Waals surface area contributed by atoms with Crippen LogP contribution in [0, 0.1) is 0 Å². The minimum absolute atomic E-state index is 0.0136. The number of ketones is 1. The number of carboxylic acid groups (broad SMARTS) is 1. The maximum Gasteiger partial charge on any atom is 0.407 e. The molecule has 1 aliphatic rings. The van der Waals surface area contributed by atoms with Crippen LogP contribution in [-0.2, 0) is 20.8 Å². The molecule has 1 heterocycles. The second kappa shape index (κ2) is 18.8. The highest BCUT2D eigenvalue weighted by molar-refractivity contribution is 6.42. The molecule has 0 aliphatic carbocycles. The first-order valence-electron chi connectivity index (χ1n) is 17.1. The summed E-state index contributed by atoms with van der Waals surface area (Å²) < 4.78 is 0. The fourth-order valence-corrected chi connectivity index (χ4v) is 6.58. The molecular weight excluding hydrogens is 744 g/mol. The molecule has 1 atom stereocenters. The Bertz CT molecular complexity index is 1760. The van der Waals surface area contributed by atoms with E-state index in [1.165, 1.54) is 4.90 Å². The van der Waals surface area contributed by atoms with Gasteiger partial charge in [-0.05, 0) is 86.7 Å². The zero-order chi connectivity index (χ0) is 38.0. The third kappa shape index (κ3) is 11.9. The smallest absolute Gasteiger partial charge is 0.407 e. The molecule has 0 saturated carbocycles. The Morgan fingerprint density at radius 2 is 1.35 bits per heavy atom. The van der Waals surface area contributed by atoms with Gasteiger partial charge in [0.15, 0.2) is 5.78 Å². The standard InChI is InChI=1S/C40H43Cl4N3O5/c1-40(2,3)47(39(51)52)18-10-5-4-9-13-36(48)45-35(23-26-11-7-6-8-12-26)38(50)46-24-29(19-27-14-16-31(41)33(43)21-27)37(49)30(25-46)20-28-15-17-32(42)34(44)22-28/h6-8,11-12,14-17,19-22,35H,4-5,9-10,13,18,23-25H2,1-3H3,(H,45,48)(H,51,52)/b29-19+,30-20+. The number of unbranched alkanes of at least 4 members (excludes halogenated alkanes) is 3. The molecule has 12 heteroatoms. The second-order valence-electron chi connectivity index (χ2n) is 13.8. The molecule has 52 heavy (non-hydrogen) atoms. The van der Waals surface area contributed by atoms with E-state index in [1.54, 1.807) is 53.5 Å². The van der Waals surface area contributed by atoms with Gasteiger partial charge in [-0.2, -0.15) is 0 Å². The van der Waals surface area contributed by atoms with Crippen LogP contribution in [0.4, 0.5) is 4.79 Å². The van der Waals surface area contributed by atoms with E-state index in [1.807, 2.05) is 51.1 Å². The van der Waals surface area contributed by atoms with Crippen LogP contribution in [0.1, 0.15) is 69.6 Å². The molecule has 3 aromatic rings. The Hall–Kier alpha value is -3.82. The van der Waals surface area contributed by atoms with Gasteiger partial charge in [0.25, 0.3) is 0 Å². The van der Waals surface area contributed by atoms with E-state index in [4.69, 9.17) is 46.4 Å². The quantitative estimate of drug-likeness (QED) is 0.133. The average molecular weight is 788 g/mol. The minimum atomic E-state index is -0.951. The predicted molar refractivity (Wildman–Crippen MR) is 210 cm³/mol. The SMILES string of the molecule is CC(C)(C)N(CCCCCCC(=O)NC(Cc1ccccc1)C(=O)N1C/C(=C\c2ccc(Cl)c(Cl)c2)C(=O)/C(=C/c2ccc(Cl)c(Cl)c2)C1)C(=O)O. The molecule has 0 aromatic heterocycles. The number of nitrogens with one attached hydrogen (secondary N) is 1. The van der Waals surface area contributed by atoms with Gasteiger partial charge in [0.2, 0.25) is 11.8 Å². The van der Waals surface area contributed by atoms with Crippen molar-refractivity contribution in [1.82, 2.24) is 15.1 Å². The summed E-state index contributed by atoms with van der Waals surface area (Å²) in [6.07, 6.45) is 5.67. The van der Waals surface area contributed by atoms with Crippen molar-refractivity contribution < 1.29 is 24.3 Å². The molecule has 3 amide bonds. The summed E-state index contributed by atoms with van der Waals surface area (Å²) in [5.74, 6) is -0.832. The van der Waals surface area contributed by atoms with Crippen molar-refractivity contribution in [2.75, 3.05) is 19.6 Å². The number of halogens is 4. The molecule has 3 aromatic carbocycles. The Kier molecular flexibility index (Phi) is 14.8. The Morgan fingerprint density at radius 3 is 1.85 bits per heavy atom. The number of amides is 3. The van der Waals surface area contributed by atoms with Crippen molar-refractivity contribution in [3.63, 3.8) is 0 Å². The highest BCUT2D eigenvalue weighted by atomic mass is 35.5. The normalized spacial score (nSPS) is 15.5. The van der Waals surface area contributed by atoms with Crippen LogP contribution in [0.5, 0.6) is 0 Å². The molecule has 4 rings (SSSR count).